The molecule has 1 radical (unpaired) electrons. The summed E-state index contributed by atoms with van der Waals surface area (Å²) in [6.45, 7) is 1.93. The van der Waals surface area contributed by atoms with E-state index in [1.165, 1.54) is 0 Å². The van der Waals surface area contributed by atoms with Crippen LogP contribution in [-0.2, 0) is 4.79 Å². The summed E-state index contributed by atoms with van der Waals surface area (Å²) < 4.78 is 0. The molecular formula is C9H10NO. The summed E-state index contributed by atoms with van der Waals surface area (Å²) in [5.74, 6) is 0. The Balaban J connectivity index is 2.68. The fourth-order valence-electron chi connectivity index (χ4n) is 0.887. The summed E-state index contributed by atoms with van der Waals surface area (Å²) in [5.41, 5.74) is 1.09. The van der Waals surface area contributed by atoms with E-state index < -0.39 is 0 Å². The van der Waals surface area contributed by atoms with Gasteiger partial charge in [0.15, 0.2) is 0 Å². The SMILES string of the molecule is CC(NC=O)c1cc[c]cc1. The molecule has 0 aliphatic carbocycles. The predicted molar refractivity (Wildman–Crippen MR) is 42.9 cm³/mol. The van der Waals surface area contributed by atoms with Gasteiger partial charge in [0.1, 0.15) is 0 Å². The van der Waals surface area contributed by atoms with Crippen LogP contribution in [0.4, 0.5) is 0 Å². The molecule has 1 N–H and O–H groups in total. The van der Waals surface area contributed by atoms with Crippen molar-refractivity contribution in [3.63, 3.8) is 0 Å². The summed E-state index contributed by atoms with van der Waals surface area (Å²) >= 11 is 0. The quantitative estimate of drug-likeness (QED) is 0.643. The van der Waals surface area contributed by atoms with Crippen LogP contribution < -0.4 is 5.32 Å². The van der Waals surface area contributed by atoms with Gasteiger partial charge >= 0.3 is 0 Å². The molecule has 0 fully saturated rings. The Morgan fingerprint density at radius 3 is 2.73 bits per heavy atom. The number of carbonyl (C=O) groups is 1. The zero-order chi connectivity index (χ0) is 8.10. The van der Waals surface area contributed by atoms with E-state index in [0.717, 1.165) is 5.56 Å². The normalized spacial score (nSPS) is 12.1. The largest absolute Gasteiger partial charge is 0.352 e. The van der Waals surface area contributed by atoms with Gasteiger partial charge in [-0.1, -0.05) is 24.3 Å². The lowest BCUT2D eigenvalue weighted by molar-refractivity contribution is -0.110. The second-order valence-electron chi connectivity index (χ2n) is 2.34. The van der Waals surface area contributed by atoms with Crippen LogP contribution in [0.5, 0.6) is 0 Å². The van der Waals surface area contributed by atoms with Crippen LogP contribution in [0.3, 0.4) is 0 Å². The van der Waals surface area contributed by atoms with Crippen LogP contribution in [-0.4, -0.2) is 6.41 Å². The van der Waals surface area contributed by atoms with Crippen molar-refractivity contribution in [1.82, 2.24) is 5.32 Å². The number of hydrogen-bond donors (Lipinski definition) is 1. The van der Waals surface area contributed by atoms with Gasteiger partial charge in [0, 0.05) is 0 Å². The highest BCUT2D eigenvalue weighted by Gasteiger charge is 2.00. The molecule has 1 unspecified atom stereocenters. The predicted octanol–water partition coefficient (Wildman–Crippen LogP) is 1.29. The lowest BCUT2D eigenvalue weighted by Crippen LogP contribution is -2.15. The zero-order valence-corrected chi connectivity index (χ0v) is 6.37. The van der Waals surface area contributed by atoms with E-state index in [9.17, 15) is 4.79 Å². The number of amides is 1. The van der Waals surface area contributed by atoms with Gasteiger partial charge in [0.25, 0.3) is 0 Å². The maximum absolute atomic E-state index is 10.1. The number of nitrogens with one attached hydrogen (secondary N) is 1. The van der Waals surface area contributed by atoms with Crippen molar-refractivity contribution in [2.75, 3.05) is 0 Å². The molecular weight excluding hydrogens is 138 g/mol. The van der Waals surface area contributed by atoms with Crippen molar-refractivity contribution in [3.05, 3.63) is 35.9 Å². The Morgan fingerprint density at radius 1 is 1.55 bits per heavy atom. The molecule has 0 heterocycles. The molecule has 0 aliphatic heterocycles. The number of benzene rings is 1. The number of rotatable bonds is 3. The molecule has 0 aromatic heterocycles. The Kier molecular flexibility index (Phi) is 2.66. The lowest BCUT2D eigenvalue weighted by Gasteiger charge is -2.08. The fraction of sp³-hybridized carbons (Fsp3) is 0.222. The van der Waals surface area contributed by atoms with Crippen LogP contribution in [0.1, 0.15) is 18.5 Å². The average molecular weight is 148 g/mol. The third kappa shape index (κ3) is 2.08. The first-order valence-corrected chi connectivity index (χ1v) is 3.50. The maximum atomic E-state index is 10.1. The van der Waals surface area contributed by atoms with Crippen LogP contribution >= 0.6 is 0 Å². The van der Waals surface area contributed by atoms with E-state index in [-0.39, 0.29) is 6.04 Å². The Hall–Kier alpha value is -1.31. The molecule has 1 atom stereocenters. The molecule has 1 aromatic carbocycles. The third-order valence-electron chi connectivity index (χ3n) is 1.56. The van der Waals surface area contributed by atoms with Gasteiger partial charge in [0.05, 0.1) is 6.04 Å². The van der Waals surface area contributed by atoms with Gasteiger partial charge < -0.3 is 5.32 Å². The molecule has 1 aromatic rings. The molecule has 0 bridgehead atoms. The molecule has 2 heteroatoms. The maximum Gasteiger partial charge on any atom is 0.207 e. The zero-order valence-electron chi connectivity index (χ0n) is 6.37. The minimum atomic E-state index is 0.0853. The van der Waals surface area contributed by atoms with Crippen LogP contribution in [0.15, 0.2) is 24.3 Å². The summed E-state index contributed by atoms with van der Waals surface area (Å²) in [6, 6.07) is 10.5. The molecule has 0 saturated carbocycles. The van der Waals surface area contributed by atoms with Crippen LogP contribution in [0, 0.1) is 6.07 Å². The number of carbonyl (C=O) groups excluding carboxylic acids is 1. The van der Waals surface area contributed by atoms with Crippen molar-refractivity contribution in [2.24, 2.45) is 0 Å². The Morgan fingerprint density at radius 2 is 2.18 bits per heavy atom. The molecule has 1 amide bonds. The highest BCUT2D eigenvalue weighted by molar-refractivity contribution is 5.47. The van der Waals surface area contributed by atoms with Gasteiger partial charge in [-0.3, -0.25) is 4.79 Å². The van der Waals surface area contributed by atoms with Crippen LogP contribution in [0.25, 0.3) is 0 Å². The average Bonchev–Trinajstić information content (AvgIpc) is 2.07. The van der Waals surface area contributed by atoms with E-state index in [1.807, 2.05) is 31.2 Å². The molecule has 0 spiro atoms. The van der Waals surface area contributed by atoms with Gasteiger partial charge in [-0.2, -0.15) is 0 Å². The Labute approximate surface area is 66.2 Å². The summed E-state index contributed by atoms with van der Waals surface area (Å²) in [7, 11) is 0. The highest BCUT2D eigenvalue weighted by Crippen LogP contribution is 2.09. The van der Waals surface area contributed by atoms with E-state index >= 15 is 0 Å². The topological polar surface area (TPSA) is 29.1 Å². The second kappa shape index (κ2) is 3.76. The van der Waals surface area contributed by atoms with E-state index in [2.05, 4.69) is 11.4 Å². The molecule has 0 saturated heterocycles. The summed E-state index contributed by atoms with van der Waals surface area (Å²) in [5, 5.41) is 2.67. The molecule has 57 valence electrons. The first kappa shape index (κ1) is 7.79. The smallest absolute Gasteiger partial charge is 0.207 e. The van der Waals surface area contributed by atoms with E-state index in [1.54, 1.807) is 0 Å². The van der Waals surface area contributed by atoms with Crippen molar-refractivity contribution >= 4 is 6.41 Å². The van der Waals surface area contributed by atoms with Crippen LogP contribution in [0.2, 0.25) is 0 Å². The molecule has 0 aliphatic rings. The van der Waals surface area contributed by atoms with Crippen molar-refractivity contribution in [2.45, 2.75) is 13.0 Å². The van der Waals surface area contributed by atoms with Gasteiger partial charge in [0.2, 0.25) is 6.41 Å². The minimum Gasteiger partial charge on any atom is -0.352 e. The van der Waals surface area contributed by atoms with Crippen molar-refractivity contribution in [1.29, 1.82) is 0 Å². The van der Waals surface area contributed by atoms with Crippen molar-refractivity contribution < 1.29 is 4.79 Å². The fourth-order valence-corrected chi connectivity index (χ4v) is 0.887. The third-order valence-corrected chi connectivity index (χ3v) is 1.56. The molecule has 11 heavy (non-hydrogen) atoms. The molecule has 2 nitrogen and oxygen atoms in total. The van der Waals surface area contributed by atoms with Crippen molar-refractivity contribution in [3.8, 4) is 0 Å². The minimum absolute atomic E-state index is 0.0853. The summed E-state index contributed by atoms with van der Waals surface area (Å²) in [4.78, 5) is 10.1. The Bertz CT molecular complexity index is 220. The van der Waals surface area contributed by atoms with Gasteiger partial charge in [-0.25, -0.2) is 0 Å². The summed E-state index contributed by atoms with van der Waals surface area (Å²) in [6.07, 6.45) is 0.710. The van der Waals surface area contributed by atoms with E-state index in [4.69, 9.17) is 0 Å². The first-order chi connectivity index (χ1) is 5.34. The highest BCUT2D eigenvalue weighted by atomic mass is 16.1. The van der Waals surface area contributed by atoms with Gasteiger partial charge in [-0.05, 0) is 18.6 Å². The monoisotopic (exact) mass is 148 g/mol. The van der Waals surface area contributed by atoms with E-state index in [0.29, 0.717) is 6.41 Å². The lowest BCUT2D eigenvalue weighted by atomic mass is 10.1. The second-order valence-corrected chi connectivity index (χ2v) is 2.34. The number of hydrogen-bond acceptors (Lipinski definition) is 1. The standard InChI is InChI=1S/C9H10NO/c1-8(10-7-11)9-5-3-2-4-6-9/h3-8H,1H3,(H,10,11). The first-order valence-electron chi connectivity index (χ1n) is 3.50. The van der Waals surface area contributed by atoms with Gasteiger partial charge in [-0.15, -0.1) is 0 Å². The molecule has 1 rings (SSSR count).